The third-order valence-electron chi connectivity index (χ3n) is 3.26. The molecule has 21 heavy (non-hydrogen) atoms. The van der Waals surface area contributed by atoms with Crippen LogP contribution in [-0.4, -0.2) is 31.6 Å². The first-order valence-electron chi connectivity index (χ1n) is 6.75. The number of nitrogens with one attached hydrogen (secondary N) is 2. The largest absolute Gasteiger partial charge is 0.484 e. The maximum Gasteiger partial charge on any atom is 0.416 e. The summed E-state index contributed by atoms with van der Waals surface area (Å²) >= 11 is 0. The van der Waals surface area contributed by atoms with Crippen molar-refractivity contribution in [3.63, 3.8) is 0 Å². The maximum absolute atomic E-state index is 12.4. The number of ether oxygens (including phenoxy) is 1. The van der Waals surface area contributed by atoms with E-state index in [9.17, 15) is 18.0 Å². The highest BCUT2D eigenvalue weighted by atomic mass is 19.4. The van der Waals surface area contributed by atoms with Gasteiger partial charge in [0.25, 0.3) is 5.91 Å². The van der Waals surface area contributed by atoms with Gasteiger partial charge in [0, 0.05) is 12.6 Å². The van der Waals surface area contributed by atoms with E-state index in [2.05, 4.69) is 10.6 Å². The number of alkyl halides is 3. The third-order valence-corrected chi connectivity index (χ3v) is 3.26. The average molecular weight is 302 g/mol. The summed E-state index contributed by atoms with van der Waals surface area (Å²) < 4.78 is 42.3. The van der Waals surface area contributed by atoms with Gasteiger partial charge in [-0.2, -0.15) is 13.2 Å². The molecule has 2 N–H and O–H groups in total. The summed E-state index contributed by atoms with van der Waals surface area (Å²) in [4.78, 5) is 11.6. The van der Waals surface area contributed by atoms with Crippen LogP contribution in [0.1, 0.15) is 18.4 Å². The highest BCUT2D eigenvalue weighted by Gasteiger charge is 2.30. The molecule has 0 saturated carbocycles. The minimum absolute atomic E-state index is 0.210. The molecule has 1 aromatic rings. The van der Waals surface area contributed by atoms with Gasteiger partial charge < -0.3 is 15.4 Å². The van der Waals surface area contributed by atoms with Crippen molar-refractivity contribution < 1.29 is 22.7 Å². The number of carbonyl (C=O) groups is 1. The van der Waals surface area contributed by atoms with Crippen molar-refractivity contribution in [3.05, 3.63) is 29.8 Å². The molecule has 0 radical (unpaired) electrons. The predicted molar refractivity (Wildman–Crippen MR) is 71.0 cm³/mol. The molecule has 1 aromatic carbocycles. The molecule has 1 fully saturated rings. The predicted octanol–water partition coefficient (Wildman–Crippen LogP) is 1.95. The lowest BCUT2D eigenvalue weighted by molar-refractivity contribution is -0.137. The lowest BCUT2D eigenvalue weighted by Crippen LogP contribution is -2.39. The molecule has 4 nitrogen and oxygen atoms in total. The van der Waals surface area contributed by atoms with Gasteiger partial charge in [-0.3, -0.25) is 4.79 Å². The minimum atomic E-state index is -4.37. The first-order valence-corrected chi connectivity index (χ1v) is 6.75. The van der Waals surface area contributed by atoms with Crippen LogP contribution < -0.4 is 15.4 Å². The van der Waals surface area contributed by atoms with Crippen LogP contribution in [0.15, 0.2) is 24.3 Å². The zero-order valence-electron chi connectivity index (χ0n) is 11.4. The number of rotatable bonds is 5. The van der Waals surface area contributed by atoms with Gasteiger partial charge in [0.2, 0.25) is 0 Å². The molecule has 2 rings (SSSR count). The zero-order chi connectivity index (χ0) is 15.3. The van der Waals surface area contributed by atoms with Crippen LogP contribution in [0.3, 0.4) is 0 Å². The van der Waals surface area contributed by atoms with E-state index in [1.807, 2.05) is 0 Å². The number of halogens is 3. The Morgan fingerprint density at radius 3 is 2.62 bits per heavy atom. The Hall–Kier alpha value is -1.76. The van der Waals surface area contributed by atoms with Gasteiger partial charge >= 0.3 is 6.18 Å². The van der Waals surface area contributed by atoms with Crippen LogP contribution in [-0.2, 0) is 11.0 Å². The molecule has 1 heterocycles. The van der Waals surface area contributed by atoms with Gasteiger partial charge in [-0.15, -0.1) is 0 Å². The molecule has 1 aliphatic rings. The molecule has 0 aliphatic carbocycles. The second kappa shape index (κ2) is 6.80. The third kappa shape index (κ3) is 4.93. The van der Waals surface area contributed by atoms with E-state index in [1.54, 1.807) is 0 Å². The van der Waals surface area contributed by atoms with Crippen molar-refractivity contribution in [3.8, 4) is 5.75 Å². The fraction of sp³-hybridized carbons (Fsp3) is 0.500. The standard InChI is InChI=1S/C14H17F3N2O2/c15-14(16,17)10-3-5-12(6-4-10)21-9-13(20)19-8-11-2-1-7-18-11/h3-6,11,18H,1-2,7-9H2,(H,19,20). The van der Waals surface area contributed by atoms with Gasteiger partial charge in [-0.05, 0) is 43.7 Å². The summed E-state index contributed by atoms with van der Waals surface area (Å²) in [5.41, 5.74) is -0.744. The molecule has 0 bridgehead atoms. The Labute approximate surface area is 120 Å². The van der Waals surface area contributed by atoms with Crippen molar-refractivity contribution in [2.24, 2.45) is 0 Å². The highest BCUT2D eigenvalue weighted by molar-refractivity contribution is 5.77. The number of hydrogen-bond donors (Lipinski definition) is 2. The Bertz CT molecular complexity index is 468. The van der Waals surface area contributed by atoms with Crippen LogP contribution in [0.4, 0.5) is 13.2 Å². The lowest BCUT2D eigenvalue weighted by Gasteiger charge is -2.12. The summed E-state index contributed by atoms with van der Waals surface area (Å²) in [6.07, 6.45) is -2.24. The lowest BCUT2D eigenvalue weighted by atomic mass is 10.2. The van der Waals surface area contributed by atoms with Gasteiger partial charge in [-0.1, -0.05) is 0 Å². The van der Waals surface area contributed by atoms with Crippen molar-refractivity contribution in [2.75, 3.05) is 19.7 Å². The van der Waals surface area contributed by atoms with Gasteiger partial charge in [0.1, 0.15) is 5.75 Å². The minimum Gasteiger partial charge on any atom is -0.484 e. The first-order chi connectivity index (χ1) is 9.95. The Morgan fingerprint density at radius 2 is 2.05 bits per heavy atom. The first kappa shape index (κ1) is 15.6. The summed E-state index contributed by atoms with van der Waals surface area (Å²) in [5.74, 6) is -0.0549. The fourth-order valence-corrected chi connectivity index (χ4v) is 2.11. The SMILES string of the molecule is O=C(COc1ccc(C(F)(F)F)cc1)NCC1CCCN1. The number of hydrogen-bond acceptors (Lipinski definition) is 3. The molecule has 0 aromatic heterocycles. The maximum atomic E-state index is 12.4. The van der Waals surface area contributed by atoms with Gasteiger partial charge in [-0.25, -0.2) is 0 Å². The van der Waals surface area contributed by atoms with Crippen LogP contribution in [0.2, 0.25) is 0 Å². The van der Waals surface area contributed by atoms with Crippen molar-refractivity contribution in [1.29, 1.82) is 0 Å². The average Bonchev–Trinajstić information content (AvgIpc) is 2.95. The second-order valence-electron chi connectivity index (χ2n) is 4.91. The van der Waals surface area contributed by atoms with E-state index in [-0.39, 0.29) is 18.3 Å². The van der Waals surface area contributed by atoms with E-state index < -0.39 is 11.7 Å². The molecular weight excluding hydrogens is 285 g/mol. The molecule has 116 valence electrons. The van der Waals surface area contributed by atoms with E-state index in [4.69, 9.17) is 4.74 Å². The summed E-state index contributed by atoms with van der Waals surface area (Å²) in [5, 5.41) is 5.97. The Balaban J connectivity index is 1.73. The van der Waals surface area contributed by atoms with Crippen LogP contribution in [0.5, 0.6) is 5.75 Å². The molecular formula is C14H17F3N2O2. The molecule has 1 amide bonds. The van der Waals surface area contributed by atoms with E-state index >= 15 is 0 Å². The van der Waals surface area contributed by atoms with E-state index in [1.165, 1.54) is 12.1 Å². The van der Waals surface area contributed by atoms with Crippen LogP contribution >= 0.6 is 0 Å². The number of carbonyl (C=O) groups excluding carboxylic acids is 1. The van der Waals surface area contributed by atoms with Crippen molar-refractivity contribution >= 4 is 5.91 Å². The van der Waals surface area contributed by atoms with Crippen molar-refractivity contribution in [1.82, 2.24) is 10.6 Å². The Morgan fingerprint density at radius 1 is 1.33 bits per heavy atom. The molecule has 7 heteroatoms. The van der Waals surface area contributed by atoms with Crippen LogP contribution in [0.25, 0.3) is 0 Å². The molecule has 1 unspecified atom stereocenters. The summed E-state index contributed by atoms with van der Waals surface area (Å²) in [6.45, 7) is 1.29. The van der Waals surface area contributed by atoms with Gasteiger partial charge in [0.05, 0.1) is 5.56 Å². The summed E-state index contributed by atoms with van der Waals surface area (Å²) in [7, 11) is 0. The number of benzene rings is 1. The molecule has 0 spiro atoms. The zero-order valence-corrected chi connectivity index (χ0v) is 11.4. The molecule has 1 aliphatic heterocycles. The van der Waals surface area contributed by atoms with Crippen LogP contribution in [0, 0.1) is 0 Å². The van der Waals surface area contributed by atoms with E-state index in [0.717, 1.165) is 31.5 Å². The Kier molecular flexibility index (Phi) is 5.06. The van der Waals surface area contributed by atoms with Gasteiger partial charge in [0.15, 0.2) is 6.61 Å². The molecule has 1 atom stereocenters. The molecule has 1 saturated heterocycles. The second-order valence-corrected chi connectivity index (χ2v) is 4.91. The monoisotopic (exact) mass is 302 g/mol. The fourth-order valence-electron chi connectivity index (χ4n) is 2.11. The smallest absolute Gasteiger partial charge is 0.416 e. The summed E-state index contributed by atoms with van der Waals surface area (Å²) in [6, 6.07) is 4.55. The topological polar surface area (TPSA) is 50.4 Å². The van der Waals surface area contributed by atoms with E-state index in [0.29, 0.717) is 12.6 Å². The normalized spacial score (nSPS) is 18.5. The number of amides is 1. The quantitative estimate of drug-likeness (QED) is 0.874. The van der Waals surface area contributed by atoms with Crippen molar-refractivity contribution in [2.45, 2.75) is 25.1 Å². The highest BCUT2D eigenvalue weighted by Crippen LogP contribution is 2.30.